The van der Waals surface area contributed by atoms with Gasteiger partial charge in [-0.15, -0.1) is 0 Å². The van der Waals surface area contributed by atoms with Crippen molar-refractivity contribution in [3.05, 3.63) is 62.9 Å². The minimum Gasteiger partial charge on any atom is -0.511 e. The molecule has 0 aliphatic carbocycles. The quantitative estimate of drug-likeness (QED) is 0.298. The first kappa shape index (κ1) is 22.6. The molecular formula is C24H29IO3. The van der Waals surface area contributed by atoms with Crippen LogP contribution in [0.25, 0.3) is 16.7 Å². The first-order valence-electron chi connectivity index (χ1n) is 9.46. The Labute approximate surface area is 181 Å². The minimum absolute atomic E-state index is 0.00548. The summed E-state index contributed by atoms with van der Waals surface area (Å²) in [5, 5.41) is 21.4. The van der Waals surface area contributed by atoms with E-state index in [1.807, 2.05) is 70.2 Å². The van der Waals surface area contributed by atoms with Crippen LogP contribution in [0.3, 0.4) is 0 Å². The molecule has 0 heterocycles. The summed E-state index contributed by atoms with van der Waals surface area (Å²) >= 11 is 2.27. The third-order valence-corrected chi connectivity index (χ3v) is 5.39. The molecule has 150 valence electrons. The Hall–Kier alpha value is -1.66. The molecule has 28 heavy (non-hydrogen) atoms. The number of carbonyl (C=O) groups excluding carboxylic acids is 1. The lowest BCUT2D eigenvalue weighted by Gasteiger charge is -2.26. The van der Waals surface area contributed by atoms with Crippen LogP contribution in [0.5, 0.6) is 0 Å². The normalized spacial score (nSPS) is 13.3. The highest BCUT2D eigenvalue weighted by molar-refractivity contribution is 14.1. The molecule has 0 spiro atoms. The Kier molecular flexibility index (Phi) is 6.77. The summed E-state index contributed by atoms with van der Waals surface area (Å²) < 4.78 is 1.15. The number of hydrogen-bond donors (Lipinski definition) is 2. The van der Waals surface area contributed by atoms with Crippen molar-refractivity contribution in [2.45, 2.75) is 53.6 Å². The second-order valence-electron chi connectivity index (χ2n) is 8.59. The monoisotopic (exact) mass is 492 g/mol. The van der Waals surface area contributed by atoms with Crippen molar-refractivity contribution in [3.63, 3.8) is 0 Å². The maximum atomic E-state index is 13.1. The molecule has 0 unspecified atom stereocenters. The average molecular weight is 492 g/mol. The Morgan fingerprint density at radius 1 is 0.964 bits per heavy atom. The average Bonchev–Trinajstić information content (AvgIpc) is 2.60. The van der Waals surface area contributed by atoms with Crippen LogP contribution >= 0.6 is 22.6 Å². The summed E-state index contributed by atoms with van der Waals surface area (Å²) in [4.78, 5) is 13.1. The lowest BCUT2D eigenvalue weighted by Crippen LogP contribution is -2.34. The molecule has 0 aliphatic heterocycles. The second kappa shape index (κ2) is 8.37. The van der Waals surface area contributed by atoms with E-state index in [4.69, 9.17) is 0 Å². The number of aryl methyl sites for hydroxylation is 1. The number of allylic oxidation sites excluding steroid dienone is 1. The molecule has 0 radical (unpaired) electrons. The fourth-order valence-corrected chi connectivity index (χ4v) is 3.34. The van der Waals surface area contributed by atoms with E-state index in [9.17, 15) is 15.0 Å². The van der Waals surface area contributed by atoms with E-state index < -0.39 is 16.8 Å². The van der Waals surface area contributed by atoms with E-state index >= 15 is 0 Å². The Morgan fingerprint density at radius 3 is 1.96 bits per heavy atom. The van der Waals surface area contributed by atoms with Gasteiger partial charge in [-0.2, -0.15) is 0 Å². The van der Waals surface area contributed by atoms with Gasteiger partial charge >= 0.3 is 0 Å². The predicted molar refractivity (Wildman–Crippen MR) is 124 cm³/mol. The van der Waals surface area contributed by atoms with E-state index in [1.54, 1.807) is 0 Å². The third kappa shape index (κ3) is 5.03. The Morgan fingerprint density at radius 2 is 1.50 bits per heavy atom. The van der Waals surface area contributed by atoms with Crippen molar-refractivity contribution in [1.29, 1.82) is 0 Å². The van der Waals surface area contributed by atoms with Gasteiger partial charge in [-0.05, 0) is 83.3 Å². The largest absolute Gasteiger partial charge is 0.511 e. The number of Topliss-reactive ketones (excluding diaryl/α,β-unsaturated/α-hetero) is 1. The molecule has 2 N–H and O–H groups in total. The number of carbonyl (C=O) groups is 1. The van der Waals surface area contributed by atoms with Crippen molar-refractivity contribution in [3.8, 4) is 11.1 Å². The van der Waals surface area contributed by atoms with Gasteiger partial charge in [-0.25, -0.2) is 0 Å². The van der Waals surface area contributed by atoms with Crippen molar-refractivity contribution in [2.75, 3.05) is 0 Å². The van der Waals surface area contributed by atoms with Crippen LogP contribution in [-0.2, 0) is 11.2 Å². The number of rotatable bonds is 5. The number of ketones is 1. The zero-order valence-corrected chi connectivity index (χ0v) is 19.6. The highest BCUT2D eigenvalue weighted by Crippen LogP contribution is 2.36. The topological polar surface area (TPSA) is 57.5 Å². The summed E-state index contributed by atoms with van der Waals surface area (Å²) in [5.41, 5.74) is 1.62. The molecule has 0 saturated heterocycles. The Bertz CT molecular complexity index is 895. The van der Waals surface area contributed by atoms with Crippen LogP contribution in [-0.4, -0.2) is 21.6 Å². The standard InChI is InChI=1S/C24H29IO3/c1-7-15-8-9-17(16-10-12-18(25)13-11-16)14-19(15)20(21(26)23(2,3)4)22(27)24(5,6)28/h8-14,26,28H,7H2,1-6H3/b21-20+. The minimum atomic E-state index is -1.58. The van der Waals surface area contributed by atoms with Gasteiger partial charge in [0.05, 0.1) is 5.57 Å². The number of hydrogen-bond acceptors (Lipinski definition) is 3. The molecule has 0 fully saturated rings. The van der Waals surface area contributed by atoms with Crippen LogP contribution in [0.1, 0.15) is 52.7 Å². The molecule has 0 aromatic heterocycles. The number of aliphatic hydroxyl groups excluding tert-OH is 1. The van der Waals surface area contributed by atoms with Gasteiger partial charge in [0, 0.05) is 8.99 Å². The first-order valence-corrected chi connectivity index (χ1v) is 10.5. The summed E-state index contributed by atoms with van der Waals surface area (Å²) in [7, 11) is 0. The van der Waals surface area contributed by atoms with Crippen molar-refractivity contribution >= 4 is 33.9 Å². The number of benzene rings is 2. The molecule has 4 heteroatoms. The van der Waals surface area contributed by atoms with Crippen molar-refractivity contribution in [1.82, 2.24) is 0 Å². The molecule has 0 amide bonds. The highest BCUT2D eigenvalue weighted by atomic mass is 127. The number of aliphatic hydroxyl groups is 2. The van der Waals surface area contributed by atoms with Gasteiger partial charge in [0.25, 0.3) is 0 Å². The van der Waals surface area contributed by atoms with Gasteiger partial charge in [0.1, 0.15) is 11.4 Å². The molecule has 0 bridgehead atoms. The zero-order chi connectivity index (χ0) is 21.3. The van der Waals surface area contributed by atoms with E-state index in [1.165, 1.54) is 13.8 Å². The van der Waals surface area contributed by atoms with Crippen LogP contribution in [0, 0.1) is 8.99 Å². The molecule has 2 aromatic rings. The lowest BCUT2D eigenvalue weighted by atomic mass is 9.81. The summed E-state index contributed by atoms with van der Waals surface area (Å²) in [5.74, 6) is -0.483. The Balaban J connectivity index is 2.80. The van der Waals surface area contributed by atoms with Crippen LogP contribution in [0.2, 0.25) is 0 Å². The lowest BCUT2D eigenvalue weighted by molar-refractivity contribution is -0.128. The van der Waals surface area contributed by atoms with Gasteiger partial charge < -0.3 is 10.2 Å². The van der Waals surface area contributed by atoms with E-state index in [-0.39, 0.29) is 11.3 Å². The second-order valence-corrected chi connectivity index (χ2v) is 9.84. The fourth-order valence-electron chi connectivity index (χ4n) is 2.98. The van der Waals surface area contributed by atoms with E-state index in [0.717, 1.165) is 20.3 Å². The van der Waals surface area contributed by atoms with Crippen molar-refractivity contribution < 1.29 is 15.0 Å². The van der Waals surface area contributed by atoms with Gasteiger partial charge in [0.2, 0.25) is 0 Å². The van der Waals surface area contributed by atoms with Gasteiger partial charge in [-0.1, -0.05) is 52.0 Å². The van der Waals surface area contributed by atoms with E-state index in [0.29, 0.717) is 12.0 Å². The van der Waals surface area contributed by atoms with Crippen LogP contribution in [0.15, 0.2) is 48.2 Å². The first-order chi connectivity index (χ1) is 12.9. The van der Waals surface area contributed by atoms with Gasteiger partial charge in [-0.3, -0.25) is 4.79 Å². The molecule has 2 rings (SSSR count). The predicted octanol–water partition coefficient (Wildman–Crippen LogP) is 6.18. The maximum Gasteiger partial charge on any atom is 0.197 e. The summed E-state index contributed by atoms with van der Waals surface area (Å²) in [6.45, 7) is 10.5. The molecular weight excluding hydrogens is 463 g/mol. The smallest absolute Gasteiger partial charge is 0.197 e. The van der Waals surface area contributed by atoms with Crippen molar-refractivity contribution in [2.24, 2.45) is 5.41 Å². The molecule has 0 saturated carbocycles. The van der Waals surface area contributed by atoms with E-state index in [2.05, 4.69) is 22.6 Å². The molecule has 0 atom stereocenters. The van der Waals surface area contributed by atoms with Crippen LogP contribution < -0.4 is 0 Å². The third-order valence-electron chi connectivity index (χ3n) is 4.67. The molecule has 0 aliphatic rings. The summed E-state index contributed by atoms with van der Waals surface area (Å²) in [6.07, 6.45) is 0.711. The maximum absolute atomic E-state index is 13.1. The van der Waals surface area contributed by atoms with Gasteiger partial charge in [0.15, 0.2) is 5.78 Å². The molecule has 2 aromatic carbocycles. The summed E-state index contributed by atoms with van der Waals surface area (Å²) in [6, 6.07) is 14.1. The zero-order valence-electron chi connectivity index (χ0n) is 17.4. The molecule has 3 nitrogen and oxygen atoms in total. The highest BCUT2D eigenvalue weighted by Gasteiger charge is 2.34. The van der Waals surface area contributed by atoms with Crippen LogP contribution in [0.4, 0.5) is 0 Å². The fraction of sp³-hybridized carbons (Fsp3) is 0.375. The SMILES string of the molecule is CCc1ccc(-c2ccc(I)cc2)cc1/C(C(=O)C(C)(C)O)=C(\O)C(C)(C)C. The number of halogens is 1.